The Bertz CT molecular complexity index is 218. The van der Waals surface area contributed by atoms with Crippen molar-refractivity contribution in [1.82, 2.24) is 0 Å². The molecule has 2 heteroatoms. The quantitative estimate of drug-likeness (QED) is 0.165. The summed E-state index contributed by atoms with van der Waals surface area (Å²) >= 11 is 0. The molecule has 0 aromatic heterocycles. The number of nitrogens with zero attached hydrogens (tertiary/aromatic N) is 1. The zero-order chi connectivity index (χ0) is 17.2. The molecule has 0 spiro atoms. The average molecular weight is 454 g/mol. The molecule has 0 radical (unpaired) electrons. The van der Waals surface area contributed by atoms with Crippen LogP contribution in [0.2, 0.25) is 0 Å². The second-order valence-electron chi connectivity index (χ2n) is 7.61. The molecule has 0 heterocycles. The normalized spacial score (nSPS) is 11.5. The minimum Gasteiger partial charge on any atom is -1.00 e. The molecular weight excluding hydrogens is 405 g/mol. The maximum Gasteiger partial charge on any atom is 0.0786 e. The highest BCUT2D eigenvalue weighted by Crippen LogP contribution is 2.14. The van der Waals surface area contributed by atoms with Crippen molar-refractivity contribution in [3.8, 4) is 0 Å². The average Bonchev–Trinajstić information content (AvgIpc) is 2.59. The zero-order valence-electron chi connectivity index (χ0n) is 17.6. The van der Waals surface area contributed by atoms with Crippen LogP contribution in [0.25, 0.3) is 0 Å². The highest BCUT2D eigenvalue weighted by Gasteiger charge is 2.19. The lowest BCUT2D eigenvalue weighted by Gasteiger charge is -2.35. The van der Waals surface area contributed by atoms with Gasteiger partial charge in [-0.25, -0.2) is 0 Å². The van der Waals surface area contributed by atoms with Crippen LogP contribution in [0.3, 0.4) is 0 Å². The molecule has 0 saturated carbocycles. The first-order valence-electron chi connectivity index (χ1n) is 11.1. The fourth-order valence-corrected chi connectivity index (χ4v) is 3.79. The Morgan fingerprint density at radius 2 is 0.708 bits per heavy atom. The molecule has 24 heavy (non-hydrogen) atoms. The summed E-state index contributed by atoms with van der Waals surface area (Å²) in [6, 6.07) is 0. The van der Waals surface area contributed by atoms with E-state index in [1.165, 1.54) is 121 Å². The molecule has 0 aromatic carbocycles. The molecule has 0 fully saturated rings. The monoisotopic (exact) mass is 453 g/mol. The highest BCUT2D eigenvalue weighted by atomic mass is 127. The first-order valence-corrected chi connectivity index (χ1v) is 11.1. The Morgan fingerprint density at radius 3 is 1.00 bits per heavy atom. The Balaban J connectivity index is 0. The van der Waals surface area contributed by atoms with Gasteiger partial charge in [-0.2, -0.15) is 0 Å². The van der Waals surface area contributed by atoms with Crippen molar-refractivity contribution in [2.45, 2.75) is 118 Å². The third-order valence-corrected chi connectivity index (χ3v) is 6.00. The maximum atomic E-state index is 2.36. The van der Waals surface area contributed by atoms with Gasteiger partial charge in [0, 0.05) is 0 Å². The van der Waals surface area contributed by atoms with E-state index in [4.69, 9.17) is 0 Å². The Morgan fingerprint density at radius 1 is 0.417 bits per heavy atom. The number of hydrogen-bond donors (Lipinski definition) is 0. The molecule has 1 nitrogen and oxygen atoms in total. The highest BCUT2D eigenvalue weighted by molar-refractivity contribution is 4.50. The summed E-state index contributed by atoms with van der Waals surface area (Å²) in [6.45, 7) is 14.7. The van der Waals surface area contributed by atoms with Crippen LogP contribution in [0.5, 0.6) is 0 Å². The second-order valence-corrected chi connectivity index (χ2v) is 7.61. The second kappa shape index (κ2) is 20.0. The van der Waals surface area contributed by atoms with Gasteiger partial charge in [0.05, 0.1) is 26.2 Å². The number of halogens is 1. The summed E-state index contributed by atoms with van der Waals surface area (Å²) in [7, 11) is 0. The van der Waals surface area contributed by atoms with E-state index >= 15 is 0 Å². The van der Waals surface area contributed by atoms with Gasteiger partial charge >= 0.3 is 0 Å². The van der Waals surface area contributed by atoms with Crippen molar-refractivity contribution in [2.75, 3.05) is 26.2 Å². The third-order valence-electron chi connectivity index (χ3n) is 6.00. The molecule has 148 valence electrons. The van der Waals surface area contributed by atoms with Crippen LogP contribution < -0.4 is 24.0 Å². The molecule has 0 atom stereocenters. The van der Waals surface area contributed by atoms with Gasteiger partial charge in [0.15, 0.2) is 0 Å². The fourth-order valence-electron chi connectivity index (χ4n) is 3.79. The van der Waals surface area contributed by atoms with Crippen LogP contribution >= 0.6 is 0 Å². The fraction of sp³-hybridized carbons (Fsp3) is 1.00. The minimum absolute atomic E-state index is 0. The Kier molecular flexibility index (Phi) is 22.4. The van der Waals surface area contributed by atoms with Gasteiger partial charge < -0.3 is 28.5 Å². The van der Waals surface area contributed by atoms with Crippen LogP contribution in [-0.2, 0) is 0 Å². The summed E-state index contributed by atoms with van der Waals surface area (Å²) in [5, 5.41) is 0. The number of quaternary nitrogens is 1. The van der Waals surface area contributed by atoms with Gasteiger partial charge in [0.2, 0.25) is 0 Å². The van der Waals surface area contributed by atoms with E-state index in [-0.39, 0.29) is 24.0 Å². The third kappa shape index (κ3) is 15.0. The molecule has 0 aliphatic heterocycles. The molecule has 0 unspecified atom stereocenters. The van der Waals surface area contributed by atoms with E-state index in [1.807, 2.05) is 0 Å². The zero-order valence-corrected chi connectivity index (χ0v) is 19.7. The van der Waals surface area contributed by atoms with Gasteiger partial charge in [-0.05, 0) is 33.6 Å². The molecule has 0 amide bonds. The van der Waals surface area contributed by atoms with E-state index in [1.54, 1.807) is 0 Å². The lowest BCUT2D eigenvalue weighted by atomic mass is 10.0. The van der Waals surface area contributed by atoms with Crippen molar-refractivity contribution < 1.29 is 28.5 Å². The summed E-state index contributed by atoms with van der Waals surface area (Å²) in [5.74, 6) is 0. The van der Waals surface area contributed by atoms with Crippen LogP contribution in [0.4, 0.5) is 0 Å². The lowest BCUT2D eigenvalue weighted by Crippen LogP contribution is -3.00. The van der Waals surface area contributed by atoms with Crippen LogP contribution in [0, 0.1) is 0 Å². The topological polar surface area (TPSA) is 0 Å². The smallest absolute Gasteiger partial charge is 0.0786 e. The molecular formula is C22H48IN. The van der Waals surface area contributed by atoms with Crippen molar-refractivity contribution in [2.24, 2.45) is 0 Å². The molecule has 0 aromatic rings. The summed E-state index contributed by atoms with van der Waals surface area (Å²) < 4.78 is 1.33. The molecule has 0 aliphatic carbocycles. The Hall–Kier alpha value is 0.690. The molecule has 0 rings (SSSR count). The summed E-state index contributed by atoms with van der Waals surface area (Å²) in [6.07, 6.45) is 20.5. The maximum absolute atomic E-state index is 2.36. The van der Waals surface area contributed by atoms with E-state index in [0.717, 1.165) is 0 Å². The molecule has 0 N–H and O–H groups in total. The van der Waals surface area contributed by atoms with E-state index in [2.05, 4.69) is 27.7 Å². The van der Waals surface area contributed by atoms with E-state index in [9.17, 15) is 0 Å². The van der Waals surface area contributed by atoms with Crippen LogP contribution in [0.1, 0.15) is 118 Å². The van der Waals surface area contributed by atoms with Gasteiger partial charge in [0.25, 0.3) is 0 Å². The van der Waals surface area contributed by atoms with Gasteiger partial charge in [-0.1, -0.05) is 84.0 Å². The lowest BCUT2D eigenvalue weighted by molar-refractivity contribution is -0.923. The van der Waals surface area contributed by atoms with Crippen LogP contribution in [-0.4, -0.2) is 30.7 Å². The van der Waals surface area contributed by atoms with Crippen molar-refractivity contribution in [3.05, 3.63) is 0 Å². The predicted octanol–water partition coefficient (Wildman–Crippen LogP) is 4.35. The standard InChI is InChI=1S/C22H48N.HI/c1-5-9-10-11-12-13-14-15-16-17-18-19-20-21-22-23(6-2,7-3)8-4;/h5-22H2,1-4H3;1H/q+1;/p-1. The summed E-state index contributed by atoms with van der Waals surface area (Å²) in [5.41, 5.74) is 0. The van der Waals surface area contributed by atoms with Crippen molar-refractivity contribution >= 4 is 0 Å². The molecule has 0 aliphatic rings. The van der Waals surface area contributed by atoms with Gasteiger partial charge in [-0.15, -0.1) is 0 Å². The first-order chi connectivity index (χ1) is 11.2. The van der Waals surface area contributed by atoms with Crippen molar-refractivity contribution in [3.63, 3.8) is 0 Å². The predicted molar refractivity (Wildman–Crippen MR) is 107 cm³/mol. The Labute approximate surface area is 172 Å². The number of rotatable bonds is 18. The number of unbranched alkanes of at least 4 members (excludes halogenated alkanes) is 13. The minimum atomic E-state index is 0. The first kappa shape index (κ1) is 26.9. The molecule has 0 saturated heterocycles. The molecule has 0 bridgehead atoms. The number of hydrogen-bond acceptors (Lipinski definition) is 0. The van der Waals surface area contributed by atoms with Crippen molar-refractivity contribution in [1.29, 1.82) is 0 Å². The van der Waals surface area contributed by atoms with E-state index < -0.39 is 0 Å². The van der Waals surface area contributed by atoms with E-state index in [0.29, 0.717) is 0 Å². The van der Waals surface area contributed by atoms with Crippen LogP contribution in [0.15, 0.2) is 0 Å². The van der Waals surface area contributed by atoms with Gasteiger partial charge in [-0.3, -0.25) is 0 Å². The largest absolute Gasteiger partial charge is 1.00 e. The SMILES string of the molecule is CCCCCCCCCCCCCCCC[N+](CC)(CC)CC.[I-]. The summed E-state index contributed by atoms with van der Waals surface area (Å²) in [4.78, 5) is 0. The van der Waals surface area contributed by atoms with Gasteiger partial charge in [0.1, 0.15) is 0 Å².